The zero-order valence-electron chi connectivity index (χ0n) is 12.7. The van der Waals surface area contributed by atoms with E-state index in [0.717, 1.165) is 0 Å². The summed E-state index contributed by atoms with van der Waals surface area (Å²) in [7, 11) is 0. The van der Waals surface area contributed by atoms with Gasteiger partial charge in [0.2, 0.25) is 0 Å². The summed E-state index contributed by atoms with van der Waals surface area (Å²) in [6.07, 6.45) is -0.824. The minimum absolute atomic E-state index is 0.00690. The lowest BCUT2D eigenvalue weighted by atomic mass is 10.3. The van der Waals surface area contributed by atoms with Gasteiger partial charge in [0, 0.05) is 11.6 Å². The normalized spacial score (nSPS) is 10.6. The van der Waals surface area contributed by atoms with Crippen LogP contribution in [0.4, 0.5) is 13.2 Å². The van der Waals surface area contributed by atoms with Crippen LogP contribution in [0.5, 0.6) is 0 Å². The van der Waals surface area contributed by atoms with E-state index in [4.69, 9.17) is 26.6 Å². The Morgan fingerprint density at radius 1 is 1.35 bits per heavy atom. The topological polar surface area (TPSA) is 140 Å². The molecule has 0 bridgehead atoms. The van der Waals surface area contributed by atoms with Crippen LogP contribution in [0, 0.1) is 0 Å². The van der Waals surface area contributed by atoms with Crippen molar-refractivity contribution in [2.45, 2.75) is 19.1 Å². The summed E-state index contributed by atoms with van der Waals surface area (Å²) in [6, 6.07) is 1.68. The number of hydrogen-bond donors (Lipinski definition) is 2. The van der Waals surface area contributed by atoms with Gasteiger partial charge in [0.1, 0.15) is 29.4 Å². The lowest BCUT2D eigenvalue weighted by molar-refractivity contribution is -0.752. The highest BCUT2D eigenvalue weighted by Crippen LogP contribution is 2.11. The Bertz CT molecular complexity index is 839. The molecule has 0 fully saturated rings. The predicted octanol–water partition coefficient (Wildman–Crippen LogP) is -0.454. The van der Waals surface area contributed by atoms with E-state index < -0.39 is 23.7 Å². The van der Waals surface area contributed by atoms with Gasteiger partial charge in [-0.25, -0.2) is 4.98 Å². The number of aromatic amines is 1. The van der Waals surface area contributed by atoms with Crippen molar-refractivity contribution in [3.05, 3.63) is 40.0 Å². The number of nitrogens with zero attached hydrogens (tertiary/aromatic N) is 3. The number of halogens is 4. The molecule has 0 unspecified atom stereocenters. The third-order valence-corrected chi connectivity index (χ3v) is 2.86. The Morgan fingerprint density at radius 2 is 1.96 bits per heavy atom. The van der Waals surface area contributed by atoms with Gasteiger partial charge in [-0.05, 0) is 5.10 Å². The van der Waals surface area contributed by atoms with Crippen LogP contribution in [0.3, 0.4) is 0 Å². The lowest BCUT2D eigenvalue weighted by Crippen LogP contribution is -2.38. The van der Waals surface area contributed by atoms with E-state index in [1.165, 1.54) is 17.1 Å². The van der Waals surface area contributed by atoms with Gasteiger partial charge in [0.05, 0.1) is 6.20 Å². The molecular formula is C13H10ClF3N4O5. The average Bonchev–Trinajstić information content (AvgIpc) is 2.55. The molecule has 140 valence electrons. The molecule has 0 aromatic carbocycles. The molecule has 9 nitrogen and oxygen atoms in total. The second kappa shape index (κ2) is 8.89. The second-order valence-electron chi connectivity index (χ2n) is 4.52. The lowest BCUT2D eigenvalue weighted by Gasteiger charge is -2.03. The Labute approximate surface area is 147 Å². The fraction of sp³-hybridized carbons (Fsp3) is 0.231. The monoisotopic (exact) mass is 394 g/mol. The van der Waals surface area contributed by atoms with Crippen LogP contribution in [0.2, 0.25) is 5.02 Å². The highest BCUT2D eigenvalue weighted by Gasteiger charge is 2.28. The molecular weight excluding hydrogens is 385 g/mol. The summed E-state index contributed by atoms with van der Waals surface area (Å²) in [5.74, 6) is -3.54. The maximum absolute atomic E-state index is 11.3. The van der Waals surface area contributed by atoms with Gasteiger partial charge in [0.25, 0.3) is 5.56 Å². The van der Waals surface area contributed by atoms with Crippen molar-refractivity contribution >= 4 is 23.5 Å². The smallest absolute Gasteiger partial charge is 0.430 e. The average molecular weight is 395 g/mol. The van der Waals surface area contributed by atoms with Crippen LogP contribution < -0.4 is 15.3 Å². The zero-order chi connectivity index (χ0) is 19.9. The minimum Gasteiger partial charge on any atom is -0.542 e. The van der Waals surface area contributed by atoms with Crippen molar-refractivity contribution in [1.82, 2.24) is 15.1 Å². The fourth-order valence-electron chi connectivity index (χ4n) is 1.39. The largest absolute Gasteiger partial charge is 0.542 e. The quantitative estimate of drug-likeness (QED) is 0.669. The molecule has 2 heterocycles. The third kappa shape index (κ3) is 6.84. The van der Waals surface area contributed by atoms with E-state index in [1.54, 1.807) is 12.3 Å². The summed E-state index contributed by atoms with van der Waals surface area (Å²) in [4.78, 5) is 37.1. The van der Waals surface area contributed by atoms with Gasteiger partial charge in [0.15, 0.2) is 12.7 Å². The third-order valence-electron chi connectivity index (χ3n) is 2.59. The van der Waals surface area contributed by atoms with Crippen molar-refractivity contribution in [2.75, 3.05) is 0 Å². The molecule has 2 N–H and O–H groups in total. The molecule has 0 atom stereocenters. The van der Waals surface area contributed by atoms with Crippen molar-refractivity contribution in [3.8, 4) is 11.4 Å². The molecule has 26 heavy (non-hydrogen) atoms. The van der Waals surface area contributed by atoms with Gasteiger partial charge >= 0.3 is 12.1 Å². The van der Waals surface area contributed by atoms with Gasteiger partial charge in [-0.1, -0.05) is 16.3 Å². The van der Waals surface area contributed by atoms with E-state index >= 15 is 0 Å². The number of hydrogen-bond acceptors (Lipinski definition) is 6. The standard InChI is InChI=1S/C11H9ClN4O3.C2HF3O2/c12-8-6-13-10(15-11(8)19)7-1-3-16(14-5-7)4-2-9(17)18;3-2(4,5)1(6)7/h1,3,5-6H,2,4H2,(H-,13,15,17,18,19);(H,6,7). The maximum Gasteiger partial charge on any atom is 0.430 e. The first-order chi connectivity index (χ1) is 12.0. The number of aliphatic carboxylic acids is 2. The number of carbonyl (C=O) groups excluding carboxylic acids is 1. The molecule has 0 saturated heterocycles. The molecule has 0 radical (unpaired) electrons. The minimum atomic E-state index is -5.19. The van der Waals surface area contributed by atoms with Crippen LogP contribution in [0.25, 0.3) is 11.4 Å². The molecule has 2 aromatic heterocycles. The summed E-state index contributed by atoms with van der Waals surface area (Å²) in [5.41, 5.74) is 0.189. The summed E-state index contributed by atoms with van der Waals surface area (Å²) in [6.45, 7) is 0.278. The highest BCUT2D eigenvalue weighted by molar-refractivity contribution is 6.30. The number of alkyl halides is 3. The first-order valence-electron chi connectivity index (χ1n) is 6.61. The van der Waals surface area contributed by atoms with Crippen LogP contribution in [-0.2, 0) is 16.1 Å². The van der Waals surface area contributed by atoms with Gasteiger partial charge < -0.3 is 20.0 Å². The predicted molar refractivity (Wildman–Crippen MR) is 76.6 cm³/mol. The Balaban J connectivity index is 0.000000412. The molecule has 0 aliphatic rings. The van der Waals surface area contributed by atoms with Crippen LogP contribution in [-0.4, -0.2) is 38.3 Å². The Hall–Kier alpha value is -3.02. The van der Waals surface area contributed by atoms with Crippen LogP contribution in [0.15, 0.2) is 29.5 Å². The van der Waals surface area contributed by atoms with Gasteiger partial charge in [-0.2, -0.15) is 13.2 Å². The fourth-order valence-corrected chi connectivity index (χ4v) is 1.49. The molecule has 2 aromatic rings. The first-order valence-corrected chi connectivity index (χ1v) is 6.99. The van der Waals surface area contributed by atoms with Gasteiger partial charge in [-0.15, -0.1) is 0 Å². The molecule has 0 saturated carbocycles. The van der Waals surface area contributed by atoms with Crippen molar-refractivity contribution in [2.24, 2.45) is 0 Å². The first kappa shape index (κ1) is 21.0. The number of aromatic nitrogens is 4. The van der Waals surface area contributed by atoms with Gasteiger partial charge in [-0.3, -0.25) is 9.59 Å². The number of H-pyrrole nitrogens is 1. The number of carboxylic acid groups (broad SMARTS) is 2. The van der Waals surface area contributed by atoms with E-state index in [2.05, 4.69) is 15.1 Å². The second-order valence-corrected chi connectivity index (χ2v) is 4.92. The van der Waals surface area contributed by atoms with E-state index in [1.807, 2.05) is 0 Å². The molecule has 2 rings (SSSR count). The molecule has 0 amide bonds. The Morgan fingerprint density at radius 3 is 2.38 bits per heavy atom. The van der Waals surface area contributed by atoms with Crippen molar-refractivity contribution in [1.29, 1.82) is 0 Å². The molecule has 0 aliphatic carbocycles. The van der Waals surface area contributed by atoms with Crippen LogP contribution in [0.1, 0.15) is 6.42 Å². The summed E-state index contributed by atoms with van der Waals surface area (Å²) >= 11 is 5.58. The summed E-state index contributed by atoms with van der Waals surface area (Å²) in [5, 5.41) is 21.4. The highest BCUT2D eigenvalue weighted by atomic mass is 35.5. The van der Waals surface area contributed by atoms with Crippen molar-refractivity contribution in [3.63, 3.8) is 0 Å². The maximum atomic E-state index is 11.3. The van der Waals surface area contributed by atoms with Crippen LogP contribution >= 0.6 is 11.6 Å². The number of aryl methyl sites for hydroxylation is 1. The molecule has 0 spiro atoms. The zero-order valence-corrected chi connectivity index (χ0v) is 13.4. The number of carbonyl (C=O) groups is 2. The number of rotatable bonds is 4. The van der Waals surface area contributed by atoms with E-state index in [9.17, 15) is 22.8 Å². The number of nitrogens with one attached hydrogen (secondary N) is 1. The Kier molecular flexibility index (Phi) is 7.19. The van der Waals surface area contributed by atoms with E-state index in [-0.39, 0.29) is 18.0 Å². The number of carboxylic acids is 2. The molecule has 13 heteroatoms. The van der Waals surface area contributed by atoms with E-state index in [0.29, 0.717) is 11.4 Å². The summed E-state index contributed by atoms with van der Waals surface area (Å²) < 4.78 is 33.0. The SMILES string of the molecule is O=C(O)CC[n+]1ccc(-c2ncc(Cl)c(=O)[nH]2)cn1.O=C([O-])C(F)(F)F. The molecule has 0 aliphatic heterocycles. The van der Waals surface area contributed by atoms with Crippen molar-refractivity contribution < 1.29 is 37.7 Å².